The summed E-state index contributed by atoms with van der Waals surface area (Å²) in [7, 11) is 0. The van der Waals surface area contributed by atoms with Gasteiger partial charge in [0.05, 0.1) is 11.7 Å². The van der Waals surface area contributed by atoms with E-state index in [4.69, 9.17) is 0 Å². The van der Waals surface area contributed by atoms with Crippen molar-refractivity contribution in [1.82, 2.24) is 15.2 Å². The molecule has 0 radical (unpaired) electrons. The van der Waals surface area contributed by atoms with Crippen molar-refractivity contribution in [2.75, 3.05) is 32.9 Å². The van der Waals surface area contributed by atoms with Crippen molar-refractivity contribution < 1.29 is 4.39 Å². The molecule has 16 heavy (non-hydrogen) atoms. The maximum absolute atomic E-state index is 13.1. The van der Waals surface area contributed by atoms with Gasteiger partial charge in [-0.05, 0) is 28.1 Å². The van der Waals surface area contributed by atoms with Crippen LogP contribution in [0.4, 0.5) is 4.39 Å². The highest BCUT2D eigenvalue weighted by Crippen LogP contribution is 2.21. The molecule has 0 amide bonds. The normalized spacial score (nSPS) is 19.6. The van der Waals surface area contributed by atoms with Crippen LogP contribution in [-0.4, -0.2) is 42.7 Å². The molecule has 3 nitrogen and oxygen atoms in total. The molecule has 1 saturated heterocycles. The monoisotopic (exact) mass is 287 g/mol. The van der Waals surface area contributed by atoms with Gasteiger partial charge in [-0.3, -0.25) is 9.88 Å². The van der Waals surface area contributed by atoms with Gasteiger partial charge in [-0.1, -0.05) is 0 Å². The van der Waals surface area contributed by atoms with E-state index in [2.05, 4.69) is 31.1 Å². The largest absolute Gasteiger partial charge is 0.314 e. The molecule has 1 atom stereocenters. The standard InChI is InChI=1S/C11H15BrFN3/c12-9-1-2-10(15-8-9)11(7-13)16-5-3-14-4-6-16/h1-2,8,11,14H,3-7H2/t11-/m1/s1. The van der Waals surface area contributed by atoms with Gasteiger partial charge in [-0.2, -0.15) is 0 Å². The van der Waals surface area contributed by atoms with Gasteiger partial charge in [0.25, 0.3) is 0 Å². The first-order valence-electron chi connectivity index (χ1n) is 5.43. The summed E-state index contributed by atoms with van der Waals surface area (Å²) in [6, 6.07) is 3.60. The van der Waals surface area contributed by atoms with Crippen LogP contribution in [0.5, 0.6) is 0 Å². The van der Waals surface area contributed by atoms with Crippen molar-refractivity contribution in [3.8, 4) is 0 Å². The number of piperazine rings is 1. The van der Waals surface area contributed by atoms with Crippen LogP contribution in [0.2, 0.25) is 0 Å². The van der Waals surface area contributed by atoms with Gasteiger partial charge in [0, 0.05) is 36.8 Å². The molecule has 1 aromatic rings. The lowest BCUT2D eigenvalue weighted by Crippen LogP contribution is -2.45. The molecule has 1 aliphatic rings. The fourth-order valence-electron chi connectivity index (χ4n) is 1.94. The lowest BCUT2D eigenvalue weighted by atomic mass is 10.1. The second kappa shape index (κ2) is 5.70. The van der Waals surface area contributed by atoms with Gasteiger partial charge in [0.1, 0.15) is 6.67 Å². The average Bonchev–Trinajstić information content (AvgIpc) is 2.34. The zero-order valence-corrected chi connectivity index (χ0v) is 10.6. The first kappa shape index (κ1) is 12.0. The lowest BCUT2D eigenvalue weighted by Gasteiger charge is -2.33. The Labute approximate surface area is 103 Å². The number of hydrogen-bond acceptors (Lipinski definition) is 3. The molecule has 0 aromatic carbocycles. The summed E-state index contributed by atoms with van der Waals surface area (Å²) >= 11 is 3.33. The first-order chi connectivity index (χ1) is 7.81. The zero-order valence-electron chi connectivity index (χ0n) is 9.00. The summed E-state index contributed by atoms with van der Waals surface area (Å²) in [5.74, 6) is 0. The van der Waals surface area contributed by atoms with Crippen LogP contribution in [0.3, 0.4) is 0 Å². The number of halogens is 2. The Bertz CT molecular complexity index is 325. The van der Waals surface area contributed by atoms with Gasteiger partial charge in [0.15, 0.2) is 0 Å². The SMILES string of the molecule is FC[C@H](c1ccc(Br)cn1)N1CCNCC1. The molecular formula is C11H15BrFN3. The van der Waals surface area contributed by atoms with Gasteiger partial charge in [-0.15, -0.1) is 0 Å². The summed E-state index contributed by atoms with van der Waals surface area (Å²) in [4.78, 5) is 6.42. The Morgan fingerprint density at radius 1 is 1.44 bits per heavy atom. The van der Waals surface area contributed by atoms with E-state index in [1.165, 1.54) is 0 Å². The molecule has 1 aliphatic heterocycles. The van der Waals surface area contributed by atoms with E-state index in [0.29, 0.717) is 0 Å². The van der Waals surface area contributed by atoms with Gasteiger partial charge >= 0.3 is 0 Å². The quantitative estimate of drug-likeness (QED) is 0.918. The maximum Gasteiger partial charge on any atom is 0.111 e. The molecule has 0 bridgehead atoms. The van der Waals surface area contributed by atoms with E-state index in [9.17, 15) is 4.39 Å². The minimum absolute atomic E-state index is 0.199. The molecule has 1 aromatic heterocycles. The van der Waals surface area contributed by atoms with Crippen molar-refractivity contribution in [1.29, 1.82) is 0 Å². The Morgan fingerprint density at radius 2 is 2.19 bits per heavy atom. The number of pyridine rings is 1. The van der Waals surface area contributed by atoms with Crippen LogP contribution in [0.15, 0.2) is 22.8 Å². The van der Waals surface area contributed by atoms with Gasteiger partial charge in [0.2, 0.25) is 0 Å². The lowest BCUT2D eigenvalue weighted by molar-refractivity contribution is 0.144. The Balaban J connectivity index is 2.11. The van der Waals surface area contributed by atoms with E-state index in [-0.39, 0.29) is 12.7 Å². The van der Waals surface area contributed by atoms with Crippen LogP contribution in [0, 0.1) is 0 Å². The Kier molecular flexibility index (Phi) is 4.26. The topological polar surface area (TPSA) is 28.2 Å². The predicted octanol–water partition coefficient (Wildman–Crippen LogP) is 1.76. The summed E-state index contributed by atoms with van der Waals surface area (Å²) in [6.07, 6.45) is 1.72. The van der Waals surface area contributed by atoms with Crippen LogP contribution in [0.25, 0.3) is 0 Å². The molecule has 88 valence electrons. The molecule has 0 unspecified atom stereocenters. The zero-order chi connectivity index (χ0) is 11.4. The molecule has 0 saturated carbocycles. The third-order valence-corrected chi connectivity index (χ3v) is 3.30. The third kappa shape index (κ3) is 2.78. The first-order valence-corrected chi connectivity index (χ1v) is 6.23. The molecule has 2 heterocycles. The van der Waals surface area contributed by atoms with E-state index in [1.54, 1.807) is 6.20 Å². The molecule has 2 rings (SSSR count). The van der Waals surface area contributed by atoms with E-state index >= 15 is 0 Å². The highest BCUT2D eigenvalue weighted by Gasteiger charge is 2.22. The van der Waals surface area contributed by atoms with E-state index < -0.39 is 0 Å². The number of aromatic nitrogens is 1. The summed E-state index contributed by atoms with van der Waals surface area (Å²) in [5, 5.41) is 3.26. The molecule has 0 aliphatic carbocycles. The Morgan fingerprint density at radius 3 is 2.75 bits per heavy atom. The summed E-state index contributed by atoms with van der Waals surface area (Å²) in [5.41, 5.74) is 0.813. The van der Waals surface area contributed by atoms with Crippen LogP contribution < -0.4 is 5.32 Å². The average molecular weight is 288 g/mol. The van der Waals surface area contributed by atoms with Crippen molar-refractivity contribution in [2.45, 2.75) is 6.04 Å². The number of nitrogens with zero attached hydrogens (tertiary/aromatic N) is 2. The molecule has 1 N–H and O–H groups in total. The maximum atomic E-state index is 13.1. The van der Waals surface area contributed by atoms with Gasteiger partial charge in [-0.25, -0.2) is 4.39 Å². The fourth-order valence-corrected chi connectivity index (χ4v) is 2.18. The third-order valence-electron chi connectivity index (χ3n) is 2.83. The summed E-state index contributed by atoms with van der Waals surface area (Å²) in [6.45, 7) is 3.23. The summed E-state index contributed by atoms with van der Waals surface area (Å²) < 4.78 is 14.0. The number of rotatable bonds is 3. The van der Waals surface area contributed by atoms with Crippen molar-refractivity contribution >= 4 is 15.9 Å². The number of nitrogens with one attached hydrogen (secondary N) is 1. The second-order valence-corrected chi connectivity index (χ2v) is 4.77. The highest BCUT2D eigenvalue weighted by molar-refractivity contribution is 9.10. The molecule has 5 heteroatoms. The van der Waals surface area contributed by atoms with Crippen LogP contribution in [-0.2, 0) is 0 Å². The Hall–Kier alpha value is -0.520. The van der Waals surface area contributed by atoms with Crippen molar-refractivity contribution in [3.63, 3.8) is 0 Å². The number of alkyl halides is 1. The minimum Gasteiger partial charge on any atom is -0.314 e. The smallest absolute Gasteiger partial charge is 0.111 e. The number of hydrogen-bond donors (Lipinski definition) is 1. The van der Waals surface area contributed by atoms with E-state index in [0.717, 1.165) is 36.3 Å². The molecule has 0 spiro atoms. The fraction of sp³-hybridized carbons (Fsp3) is 0.545. The van der Waals surface area contributed by atoms with Crippen LogP contribution >= 0.6 is 15.9 Å². The molecule has 1 fully saturated rings. The highest BCUT2D eigenvalue weighted by atomic mass is 79.9. The molecular weight excluding hydrogens is 273 g/mol. The van der Waals surface area contributed by atoms with Gasteiger partial charge < -0.3 is 5.32 Å². The van der Waals surface area contributed by atoms with Crippen molar-refractivity contribution in [3.05, 3.63) is 28.5 Å². The minimum atomic E-state index is -0.380. The predicted molar refractivity (Wildman–Crippen MR) is 65.1 cm³/mol. The second-order valence-electron chi connectivity index (χ2n) is 3.86. The van der Waals surface area contributed by atoms with Crippen molar-refractivity contribution in [2.24, 2.45) is 0 Å². The van der Waals surface area contributed by atoms with Crippen LogP contribution in [0.1, 0.15) is 11.7 Å². The van der Waals surface area contributed by atoms with E-state index in [1.807, 2.05) is 12.1 Å².